The summed E-state index contributed by atoms with van der Waals surface area (Å²) in [6, 6.07) is 4.68. The second-order valence-corrected chi connectivity index (χ2v) is 6.21. The normalized spacial score (nSPS) is 10.3. The lowest BCUT2D eigenvalue weighted by atomic mass is 10.2. The smallest absolute Gasteiger partial charge is 0.271 e. The minimum absolute atomic E-state index is 0.147. The number of carbonyl (C=O) groups excluding carboxylic acids is 1. The molecule has 0 saturated carbocycles. The Morgan fingerprint density at radius 1 is 1.30 bits per heavy atom. The highest BCUT2D eigenvalue weighted by Gasteiger charge is 2.16. The fourth-order valence-electron chi connectivity index (χ4n) is 1.88. The molecule has 1 aromatic heterocycles. The fraction of sp³-hybridized carbons (Fsp3) is 0.200. The van der Waals surface area contributed by atoms with E-state index in [1.807, 2.05) is 6.92 Å². The number of methoxy groups -OCH3 is 1. The van der Waals surface area contributed by atoms with Crippen LogP contribution in [0.4, 0.5) is 5.69 Å². The summed E-state index contributed by atoms with van der Waals surface area (Å²) in [5.41, 5.74) is 0.0865. The molecule has 122 valence electrons. The summed E-state index contributed by atoms with van der Waals surface area (Å²) in [6.45, 7) is 2.32. The predicted molar refractivity (Wildman–Crippen MR) is 94.6 cm³/mol. The third-order valence-corrected chi connectivity index (χ3v) is 3.94. The lowest BCUT2D eigenvalue weighted by Crippen LogP contribution is -2.19. The molecular weight excluding hydrogens is 432 g/mol. The standard InChI is InChI=1S/C15H14Br2N2O4/c1-3-23-13-10(17)4-8(5-12(13)22-2)14(20)19-11-6-9(16)7-18-15(11)21/h4-7H,3H2,1-2H3,(H,18,21)(H,19,20). The molecule has 6 nitrogen and oxygen atoms in total. The van der Waals surface area contributed by atoms with Crippen LogP contribution in [0.25, 0.3) is 0 Å². The molecule has 8 heteroatoms. The van der Waals surface area contributed by atoms with E-state index in [1.165, 1.54) is 19.4 Å². The molecule has 0 spiro atoms. The van der Waals surface area contributed by atoms with Gasteiger partial charge in [-0.2, -0.15) is 0 Å². The van der Waals surface area contributed by atoms with Crippen LogP contribution in [0.3, 0.4) is 0 Å². The van der Waals surface area contributed by atoms with E-state index >= 15 is 0 Å². The molecule has 1 heterocycles. The van der Waals surface area contributed by atoms with E-state index < -0.39 is 11.5 Å². The van der Waals surface area contributed by atoms with Crippen LogP contribution in [0, 0.1) is 0 Å². The number of anilines is 1. The Labute approximate surface area is 149 Å². The highest BCUT2D eigenvalue weighted by atomic mass is 79.9. The number of hydrogen-bond donors (Lipinski definition) is 2. The van der Waals surface area contributed by atoms with Gasteiger partial charge in [-0.15, -0.1) is 0 Å². The van der Waals surface area contributed by atoms with Crippen molar-refractivity contribution >= 4 is 43.5 Å². The van der Waals surface area contributed by atoms with Crippen molar-refractivity contribution in [2.75, 3.05) is 19.0 Å². The SMILES string of the molecule is CCOc1c(Br)cc(C(=O)Nc2cc(Br)c[nH]c2=O)cc1OC. The van der Waals surface area contributed by atoms with Gasteiger partial charge in [-0.05, 0) is 57.0 Å². The predicted octanol–water partition coefficient (Wildman–Crippen LogP) is 3.56. The Morgan fingerprint density at radius 2 is 2.04 bits per heavy atom. The number of carbonyl (C=O) groups is 1. The third kappa shape index (κ3) is 4.14. The van der Waals surface area contributed by atoms with Crippen LogP contribution < -0.4 is 20.3 Å². The van der Waals surface area contributed by atoms with Crippen LogP contribution in [0.2, 0.25) is 0 Å². The molecule has 0 saturated heterocycles. The van der Waals surface area contributed by atoms with Gasteiger partial charge >= 0.3 is 0 Å². The first-order valence-electron chi connectivity index (χ1n) is 6.66. The van der Waals surface area contributed by atoms with Crippen LogP contribution in [-0.2, 0) is 0 Å². The summed E-state index contributed by atoms with van der Waals surface area (Å²) in [5, 5.41) is 2.57. The van der Waals surface area contributed by atoms with E-state index in [2.05, 4.69) is 42.2 Å². The molecule has 0 aliphatic rings. The van der Waals surface area contributed by atoms with E-state index in [9.17, 15) is 9.59 Å². The van der Waals surface area contributed by atoms with Crippen LogP contribution in [-0.4, -0.2) is 24.6 Å². The third-order valence-electron chi connectivity index (χ3n) is 2.90. The molecule has 0 fully saturated rings. The molecule has 0 radical (unpaired) electrons. The largest absolute Gasteiger partial charge is 0.493 e. The zero-order valence-electron chi connectivity index (χ0n) is 12.4. The average Bonchev–Trinajstić information content (AvgIpc) is 2.52. The summed E-state index contributed by atoms with van der Waals surface area (Å²) in [7, 11) is 1.49. The van der Waals surface area contributed by atoms with Crippen molar-refractivity contribution in [3.8, 4) is 11.5 Å². The first-order valence-corrected chi connectivity index (χ1v) is 8.24. The summed E-state index contributed by atoms with van der Waals surface area (Å²) < 4.78 is 12.0. The van der Waals surface area contributed by atoms with Crippen LogP contribution >= 0.6 is 31.9 Å². The van der Waals surface area contributed by atoms with E-state index in [-0.39, 0.29) is 5.69 Å². The Kier molecular flexibility index (Phi) is 5.84. The average molecular weight is 446 g/mol. The summed E-state index contributed by atoms with van der Waals surface area (Å²) in [4.78, 5) is 26.6. The quantitative estimate of drug-likeness (QED) is 0.737. The zero-order chi connectivity index (χ0) is 17.0. The lowest BCUT2D eigenvalue weighted by molar-refractivity contribution is 0.102. The maximum Gasteiger partial charge on any atom is 0.271 e. The molecule has 0 atom stereocenters. The molecule has 2 N–H and O–H groups in total. The maximum absolute atomic E-state index is 12.4. The molecule has 1 amide bonds. The summed E-state index contributed by atoms with van der Waals surface area (Å²) >= 11 is 6.60. The van der Waals surface area contributed by atoms with Crippen LogP contribution in [0.1, 0.15) is 17.3 Å². The molecule has 2 aromatic rings. The van der Waals surface area contributed by atoms with Gasteiger partial charge in [-0.25, -0.2) is 0 Å². The Balaban J connectivity index is 2.34. The second-order valence-electron chi connectivity index (χ2n) is 4.44. The van der Waals surface area contributed by atoms with Gasteiger partial charge in [0.25, 0.3) is 11.5 Å². The minimum Gasteiger partial charge on any atom is -0.493 e. The number of halogens is 2. The number of amides is 1. The Morgan fingerprint density at radius 3 is 2.70 bits per heavy atom. The van der Waals surface area contributed by atoms with Crippen molar-refractivity contribution in [3.63, 3.8) is 0 Å². The molecule has 0 aliphatic carbocycles. The van der Waals surface area contributed by atoms with Crippen molar-refractivity contribution in [1.82, 2.24) is 4.98 Å². The van der Waals surface area contributed by atoms with Crippen molar-refractivity contribution in [1.29, 1.82) is 0 Å². The molecular formula is C15H14Br2N2O4. The van der Waals surface area contributed by atoms with E-state index in [0.29, 0.717) is 32.6 Å². The highest BCUT2D eigenvalue weighted by molar-refractivity contribution is 9.10. The Bertz CT molecular complexity index is 790. The molecule has 1 aromatic carbocycles. The molecule has 23 heavy (non-hydrogen) atoms. The van der Waals surface area contributed by atoms with Gasteiger partial charge in [0.2, 0.25) is 0 Å². The van der Waals surface area contributed by atoms with Crippen LogP contribution in [0.15, 0.2) is 38.1 Å². The van der Waals surface area contributed by atoms with E-state index in [0.717, 1.165) is 0 Å². The summed E-state index contributed by atoms with van der Waals surface area (Å²) in [6.07, 6.45) is 1.49. The van der Waals surface area contributed by atoms with Crippen LogP contribution in [0.5, 0.6) is 11.5 Å². The van der Waals surface area contributed by atoms with Gasteiger partial charge in [0.15, 0.2) is 11.5 Å². The van der Waals surface area contributed by atoms with E-state index in [1.54, 1.807) is 12.1 Å². The number of hydrogen-bond acceptors (Lipinski definition) is 4. The number of rotatable bonds is 5. The lowest BCUT2D eigenvalue weighted by Gasteiger charge is -2.13. The molecule has 0 aliphatic heterocycles. The number of aromatic nitrogens is 1. The number of aromatic amines is 1. The molecule has 0 unspecified atom stereocenters. The highest BCUT2D eigenvalue weighted by Crippen LogP contribution is 2.36. The van der Waals surface area contributed by atoms with Gasteiger partial charge in [-0.1, -0.05) is 0 Å². The van der Waals surface area contributed by atoms with Gasteiger partial charge < -0.3 is 19.8 Å². The number of nitrogens with one attached hydrogen (secondary N) is 2. The van der Waals surface area contributed by atoms with Crippen molar-refractivity contribution in [2.45, 2.75) is 6.92 Å². The first kappa shape index (κ1) is 17.6. The summed E-state index contributed by atoms with van der Waals surface area (Å²) in [5.74, 6) is 0.511. The second kappa shape index (κ2) is 7.65. The monoisotopic (exact) mass is 444 g/mol. The Hall–Kier alpha value is -1.80. The minimum atomic E-state index is -0.435. The fourth-order valence-corrected chi connectivity index (χ4v) is 2.78. The number of pyridine rings is 1. The molecule has 0 bridgehead atoms. The zero-order valence-corrected chi connectivity index (χ0v) is 15.6. The van der Waals surface area contributed by atoms with Crippen molar-refractivity contribution < 1.29 is 14.3 Å². The van der Waals surface area contributed by atoms with Crippen molar-refractivity contribution in [2.24, 2.45) is 0 Å². The number of H-pyrrole nitrogens is 1. The van der Waals surface area contributed by atoms with Gasteiger partial charge in [-0.3, -0.25) is 9.59 Å². The number of ether oxygens (including phenoxy) is 2. The van der Waals surface area contributed by atoms with Gasteiger partial charge in [0.1, 0.15) is 5.69 Å². The molecule has 2 rings (SSSR count). The van der Waals surface area contributed by atoms with Gasteiger partial charge in [0, 0.05) is 16.2 Å². The first-order chi connectivity index (χ1) is 11.0. The van der Waals surface area contributed by atoms with E-state index in [4.69, 9.17) is 9.47 Å². The van der Waals surface area contributed by atoms with Gasteiger partial charge in [0.05, 0.1) is 18.2 Å². The number of benzene rings is 1. The van der Waals surface area contributed by atoms with Crippen molar-refractivity contribution in [3.05, 3.63) is 49.3 Å². The topological polar surface area (TPSA) is 80.4 Å². The maximum atomic E-state index is 12.4.